The van der Waals surface area contributed by atoms with Crippen LogP contribution < -0.4 is 0 Å². The van der Waals surface area contributed by atoms with Gasteiger partial charge in [-0.1, -0.05) is 35.6 Å². The largest absolute Gasteiger partial charge is 0.481 e. The molecule has 1 aromatic carbocycles. The van der Waals surface area contributed by atoms with Gasteiger partial charge in [0.15, 0.2) is 0 Å². The van der Waals surface area contributed by atoms with Crippen LogP contribution in [0.5, 0.6) is 0 Å². The molecule has 1 aliphatic rings. The summed E-state index contributed by atoms with van der Waals surface area (Å²) in [6, 6.07) is 4.65. The third-order valence-electron chi connectivity index (χ3n) is 4.51. The fourth-order valence-electron chi connectivity index (χ4n) is 2.98. The molecule has 0 spiro atoms. The molecule has 1 fully saturated rings. The van der Waals surface area contributed by atoms with E-state index in [4.69, 9.17) is 33.3 Å². The molecule has 0 bridgehead atoms. The molecular formula is C20H13ClF3NO6S2. The second-order valence-electron chi connectivity index (χ2n) is 6.73. The van der Waals surface area contributed by atoms with Crippen LogP contribution in [0.15, 0.2) is 39.7 Å². The summed E-state index contributed by atoms with van der Waals surface area (Å²) in [4.78, 5) is 35.9. The van der Waals surface area contributed by atoms with Crippen LogP contribution in [0.1, 0.15) is 24.2 Å². The molecule has 1 unspecified atom stereocenters. The SMILES string of the molecule is O=C(O)CCC(C(=O)O)N1C(=O)/C(=C/c2ccc(-c3ccc(Cl)c(C(F)(F)F)c3)o2)SC1=S. The predicted molar refractivity (Wildman–Crippen MR) is 117 cm³/mol. The number of hydrogen-bond acceptors (Lipinski definition) is 6. The van der Waals surface area contributed by atoms with Gasteiger partial charge in [0.25, 0.3) is 5.91 Å². The predicted octanol–water partition coefficient (Wildman–Crippen LogP) is 5.14. The number of carboxylic acids is 2. The summed E-state index contributed by atoms with van der Waals surface area (Å²) in [5.74, 6) is -3.17. The van der Waals surface area contributed by atoms with Crippen LogP contribution >= 0.6 is 35.6 Å². The highest BCUT2D eigenvalue weighted by atomic mass is 35.5. The molecule has 174 valence electrons. The number of aliphatic carboxylic acids is 2. The molecule has 0 aliphatic carbocycles. The molecule has 1 amide bonds. The van der Waals surface area contributed by atoms with Crippen molar-refractivity contribution in [3.05, 3.63) is 51.6 Å². The number of benzene rings is 1. The van der Waals surface area contributed by atoms with Crippen LogP contribution in [0.2, 0.25) is 5.02 Å². The Kier molecular flexibility index (Phi) is 7.20. The zero-order valence-electron chi connectivity index (χ0n) is 16.3. The first-order valence-electron chi connectivity index (χ1n) is 9.07. The van der Waals surface area contributed by atoms with Crippen LogP contribution in [0.4, 0.5) is 13.2 Å². The van der Waals surface area contributed by atoms with E-state index in [-0.39, 0.29) is 32.7 Å². The summed E-state index contributed by atoms with van der Waals surface area (Å²) < 4.78 is 44.8. The lowest BCUT2D eigenvalue weighted by molar-refractivity contribution is -0.146. The number of thiocarbonyl (C=S) groups is 1. The summed E-state index contributed by atoms with van der Waals surface area (Å²) in [5, 5.41) is 17.8. The number of carbonyl (C=O) groups is 3. The van der Waals surface area contributed by atoms with Gasteiger partial charge in [0.2, 0.25) is 0 Å². The van der Waals surface area contributed by atoms with Gasteiger partial charge >= 0.3 is 18.1 Å². The van der Waals surface area contributed by atoms with E-state index in [1.165, 1.54) is 24.3 Å². The van der Waals surface area contributed by atoms with E-state index in [1.54, 1.807) is 0 Å². The van der Waals surface area contributed by atoms with Crippen molar-refractivity contribution in [2.24, 2.45) is 0 Å². The topological polar surface area (TPSA) is 108 Å². The van der Waals surface area contributed by atoms with Crippen molar-refractivity contribution >= 4 is 63.8 Å². The molecule has 1 aliphatic heterocycles. The van der Waals surface area contributed by atoms with Crippen molar-refractivity contribution in [1.82, 2.24) is 4.90 Å². The summed E-state index contributed by atoms with van der Waals surface area (Å²) in [7, 11) is 0. The van der Waals surface area contributed by atoms with Gasteiger partial charge in [-0.05, 0) is 36.8 Å². The van der Waals surface area contributed by atoms with Crippen molar-refractivity contribution in [3.63, 3.8) is 0 Å². The highest BCUT2D eigenvalue weighted by molar-refractivity contribution is 8.26. The maximum absolute atomic E-state index is 13.1. The maximum atomic E-state index is 13.1. The Hall–Kier alpha value is -2.83. The highest BCUT2D eigenvalue weighted by Gasteiger charge is 2.40. The Bertz CT molecular complexity index is 1180. The number of halogens is 4. The molecular weight excluding hydrogens is 507 g/mol. The minimum atomic E-state index is -4.65. The van der Waals surface area contributed by atoms with Gasteiger partial charge in [0.05, 0.1) is 15.5 Å². The number of furan rings is 1. The number of carbonyl (C=O) groups excluding carboxylic acids is 1. The molecule has 1 aromatic heterocycles. The summed E-state index contributed by atoms with van der Waals surface area (Å²) >= 11 is 11.5. The fourth-order valence-corrected chi connectivity index (χ4v) is 4.54. The quantitative estimate of drug-likeness (QED) is 0.382. The first-order chi connectivity index (χ1) is 15.4. The minimum absolute atomic E-state index is 0.0227. The number of alkyl halides is 3. The molecule has 0 radical (unpaired) electrons. The number of amides is 1. The van der Waals surface area contributed by atoms with Crippen molar-refractivity contribution in [2.45, 2.75) is 25.1 Å². The first kappa shape index (κ1) is 24.8. The minimum Gasteiger partial charge on any atom is -0.481 e. The van der Waals surface area contributed by atoms with E-state index < -0.39 is 47.1 Å². The second kappa shape index (κ2) is 9.57. The van der Waals surface area contributed by atoms with Gasteiger partial charge < -0.3 is 14.6 Å². The molecule has 7 nitrogen and oxygen atoms in total. The van der Waals surface area contributed by atoms with Crippen LogP contribution in [0.3, 0.4) is 0 Å². The van der Waals surface area contributed by atoms with E-state index in [0.29, 0.717) is 0 Å². The van der Waals surface area contributed by atoms with Crippen LogP contribution in [0.25, 0.3) is 17.4 Å². The van der Waals surface area contributed by atoms with E-state index in [0.717, 1.165) is 28.8 Å². The van der Waals surface area contributed by atoms with Crippen LogP contribution in [-0.4, -0.2) is 43.3 Å². The average Bonchev–Trinajstić information content (AvgIpc) is 3.27. The molecule has 2 N–H and O–H groups in total. The van der Waals surface area contributed by atoms with Gasteiger partial charge in [-0.15, -0.1) is 0 Å². The Morgan fingerprint density at radius 2 is 1.94 bits per heavy atom. The van der Waals surface area contributed by atoms with Gasteiger partial charge in [-0.25, -0.2) is 4.79 Å². The van der Waals surface area contributed by atoms with Gasteiger partial charge in [-0.3, -0.25) is 14.5 Å². The van der Waals surface area contributed by atoms with Gasteiger partial charge in [-0.2, -0.15) is 13.2 Å². The van der Waals surface area contributed by atoms with Crippen molar-refractivity contribution in [1.29, 1.82) is 0 Å². The number of thioether (sulfide) groups is 1. The number of carboxylic acid groups (broad SMARTS) is 2. The van der Waals surface area contributed by atoms with E-state index >= 15 is 0 Å². The first-order valence-corrected chi connectivity index (χ1v) is 10.7. The van der Waals surface area contributed by atoms with Crippen molar-refractivity contribution in [3.8, 4) is 11.3 Å². The Balaban J connectivity index is 1.86. The Morgan fingerprint density at radius 3 is 2.55 bits per heavy atom. The number of nitrogens with zero attached hydrogens (tertiary/aromatic N) is 1. The molecule has 1 atom stereocenters. The fraction of sp³-hybridized carbons (Fsp3) is 0.200. The monoisotopic (exact) mass is 519 g/mol. The molecule has 0 saturated carbocycles. The van der Waals surface area contributed by atoms with Gasteiger partial charge in [0, 0.05) is 18.1 Å². The molecule has 33 heavy (non-hydrogen) atoms. The standard InChI is InChI=1S/C20H13ClF3NO6S2/c21-12-3-1-9(7-11(12)20(22,23)24)14-5-2-10(31-14)8-15-17(28)25(19(32)33-15)13(18(29)30)4-6-16(26)27/h1-3,5,7-8,13H,4,6H2,(H,26,27)(H,29,30)/b15-8-. The summed E-state index contributed by atoms with van der Waals surface area (Å²) in [6.07, 6.45) is -4.19. The summed E-state index contributed by atoms with van der Waals surface area (Å²) in [6.45, 7) is 0. The molecule has 3 rings (SSSR count). The lowest BCUT2D eigenvalue weighted by atomic mass is 10.1. The van der Waals surface area contributed by atoms with Crippen LogP contribution in [-0.2, 0) is 20.6 Å². The van der Waals surface area contributed by atoms with Crippen LogP contribution in [0, 0.1) is 0 Å². The molecule has 2 heterocycles. The third kappa shape index (κ3) is 5.57. The third-order valence-corrected chi connectivity index (χ3v) is 6.17. The normalized spacial score (nSPS) is 16.5. The lowest BCUT2D eigenvalue weighted by Crippen LogP contribution is -2.44. The van der Waals surface area contributed by atoms with Crippen molar-refractivity contribution < 1.29 is 42.2 Å². The second-order valence-corrected chi connectivity index (χ2v) is 8.82. The summed E-state index contributed by atoms with van der Waals surface area (Å²) in [5.41, 5.74) is -0.917. The zero-order valence-corrected chi connectivity index (χ0v) is 18.6. The maximum Gasteiger partial charge on any atom is 0.417 e. The van der Waals surface area contributed by atoms with E-state index in [1.807, 2.05) is 0 Å². The van der Waals surface area contributed by atoms with E-state index in [9.17, 15) is 32.7 Å². The number of hydrogen-bond donors (Lipinski definition) is 2. The molecule has 13 heteroatoms. The van der Waals surface area contributed by atoms with E-state index in [2.05, 4.69) is 0 Å². The highest BCUT2D eigenvalue weighted by Crippen LogP contribution is 2.38. The van der Waals surface area contributed by atoms with Crippen molar-refractivity contribution in [2.75, 3.05) is 0 Å². The smallest absolute Gasteiger partial charge is 0.417 e. The Morgan fingerprint density at radius 1 is 1.24 bits per heavy atom. The Labute approximate surface area is 198 Å². The number of rotatable bonds is 7. The average molecular weight is 520 g/mol. The lowest BCUT2D eigenvalue weighted by Gasteiger charge is -2.22. The molecule has 2 aromatic rings. The van der Waals surface area contributed by atoms with Gasteiger partial charge in [0.1, 0.15) is 21.9 Å². The zero-order chi connectivity index (χ0) is 24.5. The molecule has 1 saturated heterocycles.